The van der Waals surface area contributed by atoms with Gasteiger partial charge in [-0.2, -0.15) is 0 Å². The Balaban J connectivity index is 1.07. The lowest BCUT2D eigenvalue weighted by Gasteiger charge is -2.12. The highest BCUT2D eigenvalue weighted by Gasteiger charge is 2.15. The number of para-hydroxylation sites is 1. The zero-order valence-corrected chi connectivity index (χ0v) is 29.3. The Hall–Kier alpha value is -7.16. The van der Waals surface area contributed by atoms with Gasteiger partial charge < -0.3 is 8.83 Å². The van der Waals surface area contributed by atoms with Crippen molar-refractivity contribution in [3.8, 4) is 33.4 Å². The topological polar surface area (TPSA) is 26.3 Å². The Bertz CT molecular complexity index is 3340. The van der Waals surface area contributed by atoms with E-state index in [0.717, 1.165) is 71.3 Å². The first-order valence-electron chi connectivity index (χ1n) is 18.4. The van der Waals surface area contributed by atoms with Gasteiger partial charge in [0.15, 0.2) is 0 Å². The molecule has 11 rings (SSSR count). The van der Waals surface area contributed by atoms with Gasteiger partial charge in [-0.25, -0.2) is 0 Å². The first-order valence-corrected chi connectivity index (χ1v) is 18.4. The minimum atomic E-state index is 0.857. The molecule has 54 heavy (non-hydrogen) atoms. The smallest absolute Gasteiger partial charge is 0.143 e. The number of fused-ring (bicyclic) bond motifs is 10. The van der Waals surface area contributed by atoms with Gasteiger partial charge in [0.05, 0.1) is 0 Å². The van der Waals surface area contributed by atoms with E-state index in [1.807, 2.05) is 12.1 Å². The quantitative estimate of drug-likeness (QED) is 0.185. The molecule has 0 bridgehead atoms. The molecule has 2 heteroatoms. The second-order valence-corrected chi connectivity index (χ2v) is 14.0. The molecule has 0 saturated heterocycles. The van der Waals surface area contributed by atoms with Crippen LogP contribution in [0, 0.1) is 0 Å². The minimum Gasteiger partial charge on any atom is -0.456 e. The predicted octanol–water partition coefficient (Wildman–Crippen LogP) is 15.1. The largest absolute Gasteiger partial charge is 0.456 e. The first-order chi connectivity index (χ1) is 26.8. The highest BCUT2D eigenvalue weighted by molar-refractivity contribution is 6.19. The molecule has 252 valence electrons. The van der Waals surface area contributed by atoms with Crippen LogP contribution in [0.15, 0.2) is 203 Å². The van der Waals surface area contributed by atoms with Crippen LogP contribution in [-0.4, -0.2) is 0 Å². The maximum absolute atomic E-state index is 6.48. The first kappa shape index (κ1) is 30.5. The van der Waals surface area contributed by atoms with Gasteiger partial charge in [-0.05, 0) is 103 Å². The number of benzene rings is 8. The highest BCUT2D eigenvalue weighted by Crippen LogP contribution is 2.41. The molecule has 9 aromatic carbocycles. The van der Waals surface area contributed by atoms with E-state index in [2.05, 4.69) is 182 Å². The van der Waals surface area contributed by atoms with Crippen molar-refractivity contribution in [2.45, 2.75) is 0 Å². The Morgan fingerprint density at radius 3 is 1.74 bits per heavy atom. The van der Waals surface area contributed by atoms with Crippen molar-refractivity contribution in [1.29, 1.82) is 0 Å². The molecule has 0 aliphatic rings. The number of rotatable bonds is 3. The van der Waals surface area contributed by atoms with Crippen LogP contribution >= 0.6 is 0 Å². The Morgan fingerprint density at radius 2 is 0.852 bits per heavy atom. The molecule has 0 N–H and O–H groups in total. The summed E-state index contributed by atoms with van der Waals surface area (Å²) < 4.78 is 12.8. The second kappa shape index (κ2) is 12.2. The Kier molecular flexibility index (Phi) is 6.90. The SMILES string of the molecule is c1cccc(-c2cccc3ccccc23)c2ccccc2c(-c2cccc(-c3ccc4oc5cc6c(ccc7c8ccccc8oc67)cc5c4c3)c2)cc1. The van der Waals surface area contributed by atoms with Gasteiger partial charge in [-0.15, -0.1) is 0 Å². The van der Waals surface area contributed by atoms with Crippen molar-refractivity contribution in [2.24, 2.45) is 0 Å². The fraction of sp³-hybridized carbons (Fsp3) is 0. The molecule has 0 aliphatic heterocycles. The zero-order valence-electron chi connectivity index (χ0n) is 29.3. The molecular formula is C52H32O2. The number of hydrogen-bond acceptors (Lipinski definition) is 2. The zero-order chi connectivity index (χ0) is 35.6. The van der Waals surface area contributed by atoms with Crippen molar-refractivity contribution in [3.63, 3.8) is 0 Å². The summed E-state index contributed by atoms with van der Waals surface area (Å²) >= 11 is 0. The lowest BCUT2D eigenvalue weighted by atomic mass is 9.92. The predicted molar refractivity (Wildman–Crippen MR) is 227 cm³/mol. The van der Waals surface area contributed by atoms with Crippen LogP contribution in [0.3, 0.4) is 0 Å². The molecule has 0 spiro atoms. The van der Waals surface area contributed by atoms with E-state index in [4.69, 9.17) is 8.83 Å². The number of furan rings is 2. The van der Waals surface area contributed by atoms with Crippen LogP contribution in [0.1, 0.15) is 0 Å². The fourth-order valence-electron chi connectivity index (χ4n) is 8.33. The van der Waals surface area contributed by atoms with E-state index < -0.39 is 0 Å². The van der Waals surface area contributed by atoms with Gasteiger partial charge in [-0.1, -0.05) is 152 Å². The van der Waals surface area contributed by atoms with Crippen molar-refractivity contribution >= 4 is 76.2 Å². The van der Waals surface area contributed by atoms with Crippen molar-refractivity contribution < 1.29 is 8.83 Å². The average Bonchev–Trinajstić information content (AvgIpc) is 3.79. The van der Waals surface area contributed by atoms with Gasteiger partial charge in [0.25, 0.3) is 0 Å². The highest BCUT2D eigenvalue weighted by atomic mass is 16.3. The molecule has 2 heterocycles. The van der Waals surface area contributed by atoms with Crippen LogP contribution in [-0.2, 0) is 0 Å². The van der Waals surface area contributed by atoms with E-state index in [-0.39, 0.29) is 0 Å². The van der Waals surface area contributed by atoms with Gasteiger partial charge in [0, 0.05) is 26.9 Å². The Morgan fingerprint density at radius 1 is 0.241 bits per heavy atom. The van der Waals surface area contributed by atoms with E-state index in [0.29, 0.717) is 0 Å². The van der Waals surface area contributed by atoms with Crippen LogP contribution in [0.2, 0.25) is 0 Å². The molecule has 0 unspecified atom stereocenters. The standard InChI is InChI=1S/C52H32O2/c1-2-4-19-42(41-23-12-14-33-13-5-6-18-38(33)41)43-21-8-7-20-40(43)39(17-3-1)36-16-11-15-34(29-36)35-26-28-50-47(30-35)48-31-37-25-27-45-44-22-9-10-24-49(44)54-52(45)46(37)32-51(48)53-50/h1-32H. The van der Waals surface area contributed by atoms with E-state index in [1.165, 1.54) is 38.2 Å². The summed E-state index contributed by atoms with van der Waals surface area (Å²) in [6, 6.07) is 69.4. The summed E-state index contributed by atoms with van der Waals surface area (Å²) in [6.07, 6.45) is 0. The van der Waals surface area contributed by atoms with Crippen LogP contribution < -0.4 is 0 Å². The van der Waals surface area contributed by atoms with Crippen molar-refractivity contribution in [2.75, 3.05) is 0 Å². The average molecular weight is 689 g/mol. The third-order valence-corrected chi connectivity index (χ3v) is 10.9. The lowest BCUT2D eigenvalue weighted by Crippen LogP contribution is -1.85. The third kappa shape index (κ3) is 4.88. The normalized spacial score (nSPS) is 11.7. The molecule has 0 aliphatic carbocycles. The van der Waals surface area contributed by atoms with Crippen LogP contribution in [0.4, 0.5) is 0 Å². The maximum atomic E-state index is 6.48. The molecule has 11 aromatic rings. The summed E-state index contributed by atoms with van der Waals surface area (Å²) in [6.45, 7) is 0. The van der Waals surface area contributed by atoms with E-state index in [9.17, 15) is 0 Å². The van der Waals surface area contributed by atoms with Gasteiger partial charge >= 0.3 is 0 Å². The lowest BCUT2D eigenvalue weighted by molar-refractivity contribution is 0.667. The van der Waals surface area contributed by atoms with Crippen LogP contribution in [0.5, 0.6) is 0 Å². The van der Waals surface area contributed by atoms with Gasteiger partial charge in [0.2, 0.25) is 0 Å². The Labute approximate surface area is 311 Å². The number of hydrogen-bond donors (Lipinski definition) is 0. The molecule has 2 nitrogen and oxygen atoms in total. The third-order valence-electron chi connectivity index (χ3n) is 10.9. The van der Waals surface area contributed by atoms with Gasteiger partial charge in [-0.3, -0.25) is 0 Å². The molecule has 0 radical (unpaired) electrons. The van der Waals surface area contributed by atoms with E-state index >= 15 is 0 Å². The van der Waals surface area contributed by atoms with Crippen molar-refractivity contribution in [1.82, 2.24) is 0 Å². The molecule has 2 aromatic heterocycles. The van der Waals surface area contributed by atoms with E-state index in [1.54, 1.807) is 0 Å². The minimum absolute atomic E-state index is 0.857. The summed E-state index contributed by atoms with van der Waals surface area (Å²) in [5.74, 6) is 0. The summed E-state index contributed by atoms with van der Waals surface area (Å²) in [5.41, 5.74) is 10.6. The molecule has 0 atom stereocenters. The fourth-order valence-corrected chi connectivity index (χ4v) is 8.33. The molecule has 0 amide bonds. The molecular weight excluding hydrogens is 657 g/mol. The summed E-state index contributed by atoms with van der Waals surface area (Å²) in [4.78, 5) is 0. The summed E-state index contributed by atoms with van der Waals surface area (Å²) in [5, 5.41) is 11.5. The molecule has 0 saturated carbocycles. The second-order valence-electron chi connectivity index (χ2n) is 14.0. The monoisotopic (exact) mass is 688 g/mol. The summed E-state index contributed by atoms with van der Waals surface area (Å²) in [7, 11) is 0. The van der Waals surface area contributed by atoms with Gasteiger partial charge in [0.1, 0.15) is 22.3 Å². The maximum Gasteiger partial charge on any atom is 0.143 e. The molecule has 0 fully saturated rings. The van der Waals surface area contributed by atoms with Crippen LogP contribution in [0.25, 0.3) is 110 Å². The van der Waals surface area contributed by atoms with Crippen molar-refractivity contribution in [3.05, 3.63) is 194 Å².